The van der Waals surface area contributed by atoms with Crippen molar-refractivity contribution in [2.24, 2.45) is 0 Å². The lowest BCUT2D eigenvalue weighted by Gasteiger charge is -2.21. The summed E-state index contributed by atoms with van der Waals surface area (Å²) >= 11 is 0. The molecule has 0 aromatic heterocycles. The summed E-state index contributed by atoms with van der Waals surface area (Å²) in [4.78, 5) is 60.8. The highest BCUT2D eigenvalue weighted by atomic mass is 16.4. The van der Waals surface area contributed by atoms with Gasteiger partial charge in [0.05, 0.1) is 0 Å². The van der Waals surface area contributed by atoms with E-state index in [1.807, 2.05) is 0 Å². The van der Waals surface area contributed by atoms with Crippen LogP contribution in [0.15, 0.2) is 0 Å². The molecule has 144 valence electrons. The Bertz CT molecular complexity index is 604. The molecule has 0 saturated carbocycles. The third-order valence-electron chi connectivity index (χ3n) is 4.94. The van der Waals surface area contributed by atoms with E-state index in [9.17, 15) is 24.0 Å². The van der Waals surface area contributed by atoms with Crippen LogP contribution >= 0.6 is 0 Å². The van der Waals surface area contributed by atoms with E-state index in [-0.39, 0.29) is 25.3 Å². The molecule has 0 aliphatic carbocycles. The Morgan fingerprint density at radius 2 is 1.27 bits per heavy atom. The van der Waals surface area contributed by atoms with Crippen LogP contribution in [0.25, 0.3) is 0 Å². The van der Waals surface area contributed by atoms with Crippen LogP contribution in [0, 0.1) is 0 Å². The molecule has 0 aromatic carbocycles. The average Bonchev–Trinajstić information content (AvgIpc) is 3.26. The number of carbonyl (C=O) groups excluding carboxylic acids is 3. The number of amides is 2. The smallest absolute Gasteiger partial charge is 0.326 e. The van der Waals surface area contributed by atoms with Gasteiger partial charge in [0.25, 0.3) is 5.91 Å². The van der Waals surface area contributed by atoms with Crippen LogP contribution in [0.4, 0.5) is 0 Å². The maximum absolute atomic E-state index is 12.1. The number of carbonyl (C=O) groups is 5. The van der Waals surface area contributed by atoms with Crippen molar-refractivity contribution in [1.82, 2.24) is 9.80 Å². The summed E-state index contributed by atoms with van der Waals surface area (Å²) in [7, 11) is 0. The SMILES string of the molecule is O=C(CCCCC(=O)N1CCC[C@H]1C(=O)O)C(=O)N1CCC[C@H]1C(=O)O. The molecule has 9 heteroatoms. The predicted molar refractivity (Wildman–Crippen MR) is 88.2 cm³/mol. The topological polar surface area (TPSA) is 132 Å². The van der Waals surface area contributed by atoms with E-state index < -0.39 is 35.7 Å². The molecule has 2 heterocycles. The Balaban J connectivity index is 1.73. The molecule has 26 heavy (non-hydrogen) atoms. The monoisotopic (exact) mass is 368 g/mol. The van der Waals surface area contributed by atoms with E-state index in [1.165, 1.54) is 4.90 Å². The van der Waals surface area contributed by atoms with Gasteiger partial charge in [0, 0.05) is 25.9 Å². The molecular formula is C17H24N2O7. The van der Waals surface area contributed by atoms with Crippen LogP contribution in [0.5, 0.6) is 0 Å². The van der Waals surface area contributed by atoms with Crippen molar-refractivity contribution in [2.75, 3.05) is 13.1 Å². The van der Waals surface area contributed by atoms with Crippen molar-refractivity contribution in [1.29, 1.82) is 0 Å². The molecule has 0 aromatic rings. The predicted octanol–water partition coefficient (Wildman–Crippen LogP) is 0.267. The van der Waals surface area contributed by atoms with E-state index in [1.54, 1.807) is 0 Å². The molecule has 2 rings (SSSR count). The number of Topliss-reactive ketones (excluding diaryl/α,β-unsaturated/α-hetero) is 1. The van der Waals surface area contributed by atoms with Gasteiger partial charge in [-0.25, -0.2) is 9.59 Å². The number of nitrogens with zero attached hydrogens (tertiary/aromatic N) is 2. The largest absolute Gasteiger partial charge is 0.480 e. The number of likely N-dealkylation sites (tertiary alicyclic amines) is 2. The van der Waals surface area contributed by atoms with Gasteiger partial charge >= 0.3 is 11.9 Å². The summed E-state index contributed by atoms with van der Waals surface area (Å²) in [6, 6.07) is -1.70. The molecule has 0 radical (unpaired) electrons. The van der Waals surface area contributed by atoms with Crippen molar-refractivity contribution >= 4 is 29.5 Å². The lowest BCUT2D eigenvalue weighted by molar-refractivity contribution is -0.152. The van der Waals surface area contributed by atoms with Crippen molar-refractivity contribution in [3.63, 3.8) is 0 Å². The number of unbranched alkanes of at least 4 members (excludes halogenated alkanes) is 1. The van der Waals surface area contributed by atoms with Crippen LogP contribution in [-0.4, -0.2) is 74.7 Å². The fourth-order valence-electron chi connectivity index (χ4n) is 3.56. The van der Waals surface area contributed by atoms with Gasteiger partial charge < -0.3 is 20.0 Å². The molecule has 0 spiro atoms. The van der Waals surface area contributed by atoms with Gasteiger partial charge in [0.1, 0.15) is 12.1 Å². The highest BCUT2D eigenvalue weighted by Crippen LogP contribution is 2.20. The molecule has 2 saturated heterocycles. The first-order valence-electron chi connectivity index (χ1n) is 8.91. The fraction of sp³-hybridized carbons (Fsp3) is 0.706. The average molecular weight is 368 g/mol. The molecule has 2 aliphatic rings. The first-order valence-corrected chi connectivity index (χ1v) is 8.91. The first kappa shape index (κ1) is 19.9. The number of rotatable bonds is 8. The third-order valence-corrected chi connectivity index (χ3v) is 4.94. The Kier molecular flexibility index (Phi) is 6.70. The first-order chi connectivity index (χ1) is 12.3. The quantitative estimate of drug-likeness (QED) is 0.464. The van der Waals surface area contributed by atoms with Gasteiger partial charge in [-0.3, -0.25) is 14.4 Å². The van der Waals surface area contributed by atoms with Gasteiger partial charge in [-0.15, -0.1) is 0 Å². The highest BCUT2D eigenvalue weighted by molar-refractivity contribution is 6.36. The van der Waals surface area contributed by atoms with Crippen molar-refractivity contribution < 1.29 is 34.2 Å². The number of aliphatic carboxylic acids is 2. The summed E-state index contributed by atoms with van der Waals surface area (Å²) in [6.07, 6.45) is 2.82. The van der Waals surface area contributed by atoms with Crippen LogP contribution in [0.3, 0.4) is 0 Å². The summed E-state index contributed by atoms with van der Waals surface area (Å²) < 4.78 is 0. The summed E-state index contributed by atoms with van der Waals surface area (Å²) in [5, 5.41) is 18.1. The number of hydrogen-bond acceptors (Lipinski definition) is 5. The van der Waals surface area contributed by atoms with E-state index >= 15 is 0 Å². The Morgan fingerprint density at radius 1 is 0.769 bits per heavy atom. The number of hydrogen-bond donors (Lipinski definition) is 2. The zero-order valence-electron chi connectivity index (χ0n) is 14.6. The molecule has 0 bridgehead atoms. The molecular weight excluding hydrogens is 344 g/mol. The van der Waals surface area contributed by atoms with Gasteiger partial charge in [0.2, 0.25) is 11.7 Å². The maximum atomic E-state index is 12.1. The molecule has 2 amide bonds. The Labute approximate surface area is 150 Å². The fourth-order valence-corrected chi connectivity index (χ4v) is 3.56. The lowest BCUT2D eigenvalue weighted by Crippen LogP contribution is -2.43. The zero-order chi connectivity index (χ0) is 19.3. The summed E-state index contributed by atoms with van der Waals surface area (Å²) in [6.45, 7) is 0.699. The second kappa shape index (κ2) is 8.77. The summed E-state index contributed by atoms with van der Waals surface area (Å²) in [5.74, 6) is -3.77. The van der Waals surface area contributed by atoms with Gasteiger partial charge in [-0.05, 0) is 38.5 Å². The lowest BCUT2D eigenvalue weighted by atomic mass is 10.1. The molecule has 2 N–H and O–H groups in total. The normalized spacial score (nSPS) is 22.5. The van der Waals surface area contributed by atoms with Gasteiger partial charge in [-0.1, -0.05) is 0 Å². The van der Waals surface area contributed by atoms with Crippen LogP contribution in [0.2, 0.25) is 0 Å². The molecule has 2 fully saturated rings. The Hall–Kier alpha value is -2.45. The van der Waals surface area contributed by atoms with Crippen LogP contribution < -0.4 is 0 Å². The van der Waals surface area contributed by atoms with Gasteiger partial charge in [0.15, 0.2) is 0 Å². The zero-order valence-corrected chi connectivity index (χ0v) is 14.6. The van der Waals surface area contributed by atoms with E-state index in [2.05, 4.69) is 0 Å². The van der Waals surface area contributed by atoms with Crippen molar-refractivity contribution in [3.8, 4) is 0 Å². The van der Waals surface area contributed by atoms with Gasteiger partial charge in [-0.2, -0.15) is 0 Å². The standard InChI is InChI=1S/C17H24N2O7/c20-13(15(22)19-10-4-6-12(19)17(25)26)7-1-2-8-14(21)18-9-3-5-11(18)16(23)24/h11-12H,1-10H2,(H,23,24)(H,25,26)/t11-,12-/m0/s1. The number of carboxylic acid groups (broad SMARTS) is 2. The molecule has 0 unspecified atom stereocenters. The Morgan fingerprint density at radius 3 is 1.85 bits per heavy atom. The molecule has 9 nitrogen and oxygen atoms in total. The minimum absolute atomic E-state index is 0.0443. The summed E-state index contributed by atoms with van der Waals surface area (Å²) in [5.41, 5.74) is 0. The van der Waals surface area contributed by atoms with Crippen LogP contribution in [-0.2, 0) is 24.0 Å². The number of carboxylic acids is 2. The van der Waals surface area contributed by atoms with E-state index in [4.69, 9.17) is 10.2 Å². The minimum Gasteiger partial charge on any atom is -0.480 e. The van der Waals surface area contributed by atoms with Crippen LogP contribution in [0.1, 0.15) is 51.4 Å². The van der Waals surface area contributed by atoms with E-state index in [0.29, 0.717) is 45.1 Å². The van der Waals surface area contributed by atoms with Crippen molar-refractivity contribution in [2.45, 2.75) is 63.5 Å². The minimum atomic E-state index is -1.10. The second-order valence-electron chi connectivity index (χ2n) is 6.71. The van der Waals surface area contributed by atoms with Crippen molar-refractivity contribution in [3.05, 3.63) is 0 Å². The molecule has 2 aliphatic heterocycles. The third kappa shape index (κ3) is 4.59. The van der Waals surface area contributed by atoms with E-state index in [0.717, 1.165) is 4.90 Å². The second-order valence-corrected chi connectivity index (χ2v) is 6.71. The molecule has 2 atom stereocenters. The maximum Gasteiger partial charge on any atom is 0.326 e. The number of ketones is 1. The highest BCUT2D eigenvalue weighted by Gasteiger charge is 2.36.